The van der Waals surface area contributed by atoms with Crippen LogP contribution in [0.3, 0.4) is 0 Å². The van der Waals surface area contributed by atoms with E-state index in [1.807, 2.05) is 13.8 Å². The van der Waals surface area contributed by atoms with Gasteiger partial charge in [0.2, 0.25) is 0 Å². The first-order valence-electron chi connectivity index (χ1n) is 2.99. The Labute approximate surface area is 50.7 Å². The first-order valence-corrected chi connectivity index (χ1v) is 2.99. The summed E-state index contributed by atoms with van der Waals surface area (Å²) in [7, 11) is 0. The Morgan fingerprint density at radius 1 is 1.25 bits per heavy atom. The van der Waals surface area contributed by atoms with Crippen molar-refractivity contribution in [3.63, 3.8) is 0 Å². The summed E-state index contributed by atoms with van der Waals surface area (Å²) in [6.07, 6.45) is -0.380. The van der Waals surface area contributed by atoms with Gasteiger partial charge in [-0.15, -0.1) is 0 Å². The van der Waals surface area contributed by atoms with Crippen LogP contribution in [-0.4, -0.2) is 17.3 Å². The van der Waals surface area contributed by atoms with Gasteiger partial charge in [-0.25, -0.2) is 0 Å². The van der Waals surface area contributed by atoms with Gasteiger partial charge in [0.25, 0.3) is 0 Å². The predicted molar refractivity (Wildman–Crippen MR) is 34.5 cm³/mol. The van der Waals surface area contributed by atoms with Crippen LogP contribution < -0.4 is 5.73 Å². The quantitative estimate of drug-likeness (QED) is 0.548. The molecular formula is C6H15NO. The second-order valence-corrected chi connectivity index (χ2v) is 2.56. The van der Waals surface area contributed by atoms with Crippen molar-refractivity contribution in [2.75, 3.05) is 0 Å². The number of hydrogen-bond donors (Lipinski definition) is 2. The molecule has 2 atom stereocenters. The van der Waals surface area contributed by atoms with E-state index in [0.29, 0.717) is 5.92 Å². The van der Waals surface area contributed by atoms with Crippen molar-refractivity contribution in [2.45, 2.75) is 32.9 Å². The lowest BCUT2D eigenvalue weighted by molar-refractivity contribution is 0.142. The highest BCUT2D eigenvalue weighted by Gasteiger charge is 2.11. The number of aliphatic hydroxyl groups excluding tert-OH is 1. The molecule has 0 radical (unpaired) electrons. The number of aliphatic hydroxyl groups is 1. The molecule has 2 heteroatoms. The molecule has 0 heterocycles. The van der Waals surface area contributed by atoms with Crippen LogP contribution in [0.15, 0.2) is 0 Å². The van der Waals surface area contributed by atoms with Crippen molar-refractivity contribution < 1.29 is 5.11 Å². The second kappa shape index (κ2) is 3.05. The Hall–Kier alpha value is -0.0800. The second-order valence-electron chi connectivity index (χ2n) is 2.56. The molecule has 0 aliphatic rings. The van der Waals surface area contributed by atoms with Gasteiger partial charge in [-0.05, 0) is 12.8 Å². The Bertz CT molecular complexity index is 53.5. The lowest BCUT2D eigenvalue weighted by Gasteiger charge is -2.17. The Morgan fingerprint density at radius 2 is 1.62 bits per heavy atom. The summed E-state index contributed by atoms with van der Waals surface area (Å²) in [4.78, 5) is 0. The number of nitrogens with two attached hydrogens (primary N) is 1. The zero-order chi connectivity index (χ0) is 6.73. The summed E-state index contributed by atoms with van der Waals surface area (Å²) in [6, 6.07) is -0.0741. The summed E-state index contributed by atoms with van der Waals surface area (Å²) in [6.45, 7) is 5.71. The van der Waals surface area contributed by atoms with E-state index < -0.39 is 0 Å². The van der Waals surface area contributed by atoms with Crippen LogP contribution in [0.25, 0.3) is 0 Å². The first-order chi connectivity index (χ1) is 3.55. The maximum absolute atomic E-state index is 8.87. The average Bonchev–Trinajstić information content (AvgIpc) is 1.64. The van der Waals surface area contributed by atoms with Gasteiger partial charge in [0.05, 0.1) is 6.10 Å². The van der Waals surface area contributed by atoms with Crippen molar-refractivity contribution in [2.24, 2.45) is 11.7 Å². The third kappa shape index (κ3) is 2.28. The molecule has 3 N–H and O–H groups in total. The standard InChI is InChI=1S/C6H15NO/c1-4(2)6(7)5(3)8/h4-6,8H,7H2,1-3H3/t5?,6-/m1/s1. The molecule has 0 spiro atoms. The maximum atomic E-state index is 8.87. The maximum Gasteiger partial charge on any atom is 0.0665 e. The molecule has 8 heavy (non-hydrogen) atoms. The van der Waals surface area contributed by atoms with Gasteiger partial charge in [0.1, 0.15) is 0 Å². The van der Waals surface area contributed by atoms with E-state index in [-0.39, 0.29) is 12.1 Å². The first kappa shape index (κ1) is 7.92. The third-order valence-corrected chi connectivity index (χ3v) is 1.33. The minimum absolute atomic E-state index is 0.0741. The van der Waals surface area contributed by atoms with Crippen LogP contribution in [0, 0.1) is 5.92 Å². The summed E-state index contributed by atoms with van der Waals surface area (Å²) >= 11 is 0. The molecule has 0 saturated heterocycles. The van der Waals surface area contributed by atoms with Crippen molar-refractivity contribution >= 4 is 0 Å². The zero-order valence-corrected chi connectivity index (χ0v) is 5.76. The van der Waals surface area contributed by atoms with Gasteiger partial charge in [-0.2, -0.15) is 0 Å². The van der Waals surface area contributed by atoms with Gasteiger partial charge in [0, 0.05) is 6.04 Å². The monoisotopic (exact) mass is 117 g/mol. The van der Waals surface area contributed by atoms with Crippen LogP contribution in [-0.2, 0) is 0 Å². The third-order valence-electron chi connectivity index (χ3n) is 1.33. The Kier molecular flexibility index (Phi) is 3.02. The lowest BCUT2D eigenvalue weighted by atomic mass is 10.0. The number of rotatable bonds is 2. The summed E-state index contributed by atoms with van der Waals surface area (Å²) in [5, 5.41) is 8.87. The van der Waals surface area contributed by atoms with Crippen molar-refractivity contribution in [1.29, 1.82) is 0 Å². The largest absolute Gasteiger partial charge is 0.392 e. The molecule has 0 bridgehead atoms. The summed E-state index contributed by atoms with van der Waals surface area (Å²) in [5.41, 5.74) is 5.51. The summed E-state index contributed by atoms with van der Waals surface area (Å²) < 4.78 is 0. The average molecular weight is 117 g/mol. The molecule has 0 saturated carbocycles. The molecule has 50 valence electrons. The van der Waals surface area contributed by atoms with Gasteiger partial charge >= 0.3 is 0 Å². The molecule has 0 aromatic heterocycles. The topological polar surface area (TPSA) is 46.2 Å². The molecule has 0 aliphatic heterocycles. The van der Waals surface area contributed by atoms with E-state index in [4.69, 9.17) is 10.8 Å². The number of hydrogen-bond acceptors (Lipinski definition) is 2. The zero-order valence-electron chi connectivity index (χ0n) is 5.76. The molecule has 0 aliphatic carbocycles. The molecular weight excluding hydrogens is 102 g/mol. The molecule has 0 amide bonds. The van der Waals surface area contributed by atoms with E-state index in [1.165, 1.54) is 0 Å². The molecule has 0 fully saturated rings. The predicted octanol–water partition coefficient (Wildman–Crippen LogP) is 0.350. The van der Waals surface area contributed by atoms with Crippen LogP contribution in [0.2, 0.25) is 0 Å². The van der Waals surface area contributed by atoms with Crippen molar-refractivity contribution in [3.8, 4) is 0 Å². The highest BCUT2D eigenvalue weighted by atomic mass is 16.3. The van der Waals surface area contributed by atoms with E-state index in [0.717, 1.165) is 0 Å². The van der Waals surface area contributed by atoms with Gasteiger partial charge in [-0.3, -0.25) is 0 Å². The molecule has 2 nitrogen and oxygen atoms in total. The smallest absolute Gasteiger partial charge is 0.0665 e. The Morgan fingerprint density at radius 3 is 1.62 bits per heavy atom. The lowest BCUT2D eigenvalue weighted by Crippen LogP contribution is -2.36. The SMILES string of the molecule is CC(C)[C@@H](N)C(C)O. The van der Waals surface area contributed by atoms with Crippen LogP contribution in [0.1, 0.15) is 20.8 Å². The molecule has 0 rings (SSSR count). The van der Waals surface area contributed by atoms with Gasteiger partial charge in [0.15, 0.2) is 0 Å². The van der Waals surface area contributed by atoms with Crippen LogP contribution in [0.4, 0.5) is 0 Å². The fourth-order valence-corrected chi connectivity index (χ4v) is 0.557. The minimum Gasteiger partial charge on any atom is -0.392 e. The fourth-order valence-electron chi connectivity index (χ4n) is 0.557. The van der Waals surface area contributed by atoms with Crippen molar-refractivity contribution in [1.82, 2.24) is 0 Å². The van der Waals surface area contributed by atoms with Gasteiger partial charge < -0.3 is 10.8 Å². The molecule has 1 unspecified atom stereocenters. The van der Waals surface area contributed by atoms with Crippen LogP contribution >= 0.6 is 0 Å². The molecule has 0 aromatic rings. The van der Waals surface area contributed by atoms with E-state index in [9.17, 15) is 0 Å². The van der Waals surface area contributed by atoms with Gasteiger partial charge in [-0.1, -0.05) is 13.8 Å². The minimum atomic E-state index is -0.380. The van der Waals surface area contributed by atoms with E-state index in [1.54, 1.807) is 6.92 Å². The molecule has 0 aromatic carbocycles. The fraction of sp³-hybridized carbons (Fsp3) is 1.00. The highest BCUT2D eigenvalue weighted by molar-refractivity contribution is 4.69. The normalized spacial score (nSPS) is 18.8. The highest BCUT2D eigenvalue weighted by Crippen LogP contribution is 2.01. The van der Waals surface area contributed by atoms with E-state index >= 15 is 0 Å². The summed E-state index contributed by atoms with van der Waals surface area (Å²) in [5.74, 6) is 0.370. The van der Waals surface area contributed by atoms with E-state index in [2.05, 4.69) is 0 Å². The Balaban J connectivity index is 3.46. The van der Waals surface area contributed by atoms with Crippen LogP contribution in [0.5, 0.6) is 0 Å². The van der Waals surface area contributed by atoms with Crippen molar-refractivity contribution in [3.05, 3.63) is 0 Å².